The SMILES string of the molecule is Fc1ccc(Nc2cc(Cl)nnc2Cl)c(F)c1. The third kappa shape index (κ3) is 2.81. The van der Waals surface area contributed by atoms with Crippen LogP contribution in [-0.4, -0.2) is 10.2 Å². The Morgan fingerprint density at radius 2 is 1.76 bits per heavy atom. The van der Waals surface area contributed by atoms with E-state index in [0.29, 0.717) is 0 Å². The van der Waals surface area contributed by atoms with E-state index < -0.39 is 11.6 Å². The number of rotatable bonds is 2. The van der Waals surface area contributed by atoms with Gasteiger partial charge in [-0.05, 0) is 12.1 Å². The minimum Gasteiger partial charge on any atom is -0.350 e. The zero-order valence-corrected chi connectivity index (χ0v) is 9.73. The molecule has 0 aliphatic rings. The molecule has 0 atom stereocenters. The molecule has 88 valence electrons. The molecule has 0 unspecified atom stereocenters. The summed E-state index contributed by atoms with van der Waals surface area (Å²) in [4.78, 5) is 0. The van der Waals surface area contributed by atoms with Gasteiger partial charge in [0.2, 0.25) is 0 Å². The zero-order chi connectivity index (χ0) is 12.4. The second-order valence-corrected chi connectivity index (χ2v) is 3.87. The molecule has 1 aromatic carbocycles. The van der Waals surface area contributed by atoms with Gasteiger partial charge in [0.1, 0.15) is 11.6 Å². The quantitative estimate of drug-likeness (QED) is 0.906. The molecule has 2 aromatic rings. The zero-order valence-electron chi connectivity index (χ0n) is 8.22. The molecule has 0 fully saturated rings. The van der Waals surface area contributed by atoms with Crippen LogP contribution in [0.3, 0.4) is 0 Å². The summed E-state index contributed by atoms with van der Waals surface area (Å²) in [5.74, 6) is -1.40. The van der Waals surface area contributed by atoms with E-state index in [4.69, 9.17) is 23.2 Å². The number of anilines is 2. The fourth-order valence-corrected chi connectivity index (χ4v) is 1.46. The van der Waals surface area contributed by atoms with Gasteiger partial charge >= 0.3 is 0 Å². The maximum Gasteiger partial charge on any atom is 0.175 e. The Bertz CT molecular complexity index is 563. The Balaban J connectivity index is 2.34. The summed E-state index contributed by atoms with van der Waals surface area (Å²) in [5, 5.41) is 9.85. The third-order valence-corrected chi connectivity index (χ3v) is 2.38. The van der Waals surface area contributed by atoms with Crippen LogP contribution < -0.4 is 5.32 Å². The van der Waals surface area contributed by atoms with Crippen molar-refractivity contribution in [1.29, 1.82) is 0 Å². The highest BCUT2D eigenvalue weighted by Gasteiger charge is 2.08. The molecule has 1 N–H and O–H groups in total. The van der Waals surface area contributed by atoms with Crippen molar-refractivity contribution < 1.29 is 8.78 Å². The summed E-state index contributed by atoms with van der Waals surface area (Å²) in [7, 11) is 0. The first-order chi connectivity index (χ1) is 8.06. The van der Waals surface area contributed by atoms with Crippen LogP contribution in [0.1, 0.15) is 0 Å². The van der Waals surface area contributed by atoms with Crippen LogP contribution in [0.4, 0.5) is 20.2 Å². The molecule has 1 heterocycles. The van der Waals surface area contributed by atoms with Crippen molar-refractivity contribution in [3.05, 3.63) is 46.2 Å². The average molecular weight is 276 g/mol. The van der Waals surface area contributed by atoms with Crippen LogP contribution in [0.25, 0.3) is 0 Å². The van der Waals surface area contributed by atoms with E-state index >= 15 is 0 Å². The van der Waals surface area contributed by atoms with E-state index in [2.05, 4.69) is 15.5 Å². The molecule has 3 nitrogen and oxygen atoms in total. The fraction of sp³-hybridized carbons (Fsp3) is 0. The summed E-state index contributed by atoms with van der Waals surface area (Å²) in [6.45, 7) is 0. The van der Waals surface area contributed by atoms with Gasteiger partial charge in [-0.25, -0.2) is 8.78 Å². The normalized spacial score (nSPS) is 10.4. The van der Waals surface area contributed by atoms with Crippen molar-refractivity contribution in [2.75, 3.05) is 5.32 Å². The molecule has 0 spiro atoms. The lowest BCUT2D eigenvalue weighted by molar-refractivity contribution is 0.586. The Labute approximate surface area is 105 Å². The van der Waals surface area contributed by atoms with E-state index in [1.54, 1.807) is 0 Å². The van der Waals surface area contributed by atoms with Crippen molar-refractivity contribution >= 4 is 34.6 Å². The monoisotopic (exact) mass is 275 g/mol. The van der Waals surface area contributed by atoms with Gasteiger partial charge in [-0.2, -0.15) is 0 Å². The Hall–Kier alpha value is -1.46. The molecule has 2 rings (SSSR count). The standard InChI is InChI=1S/C10H5Cl2F2N3/c11-9-4-8(10(12)17-16-9)15-7-2-1-5(13)3-6(7)14/h1-4H,(H,15,16). The number of hydrogen-bond acceptors (Lipinski definition) is 3. The average Bonchev–Trinajstić information content (AvgIpc) is 2.27. The first-order valence-electron chi connectivity index (χ1n) is 4.47. The van der Waals surface area contributed by atoms with E-state index in [-0.39, 0.29) is 21.7 Å². The predicted octanol–water partition coefficient (Wildman–Crippen LogP) is 3.81. The van der Waals surface area contributed by atoms with Gasteiger partial charge in [0.05, 0.1) is 11.4 Å². The van der Waals surface area contributed by atoms with Gasteiger partial charge in [0, 0.05) is 12.1 Å². The molecule has 0 amide bonds. The third-order valence-electron chi connectivity index (χ3n) is 1.92. The molecule has 0 aliphatic heterocycles. The first-order valence-corrected chi connectivity index (χ1v) is 5.22. The Morgan fingerprint density at radius 1 is 1.00 bits per heavy atom. The highest BCUT2D eigenvalue weighted by molar-refractivity contribution is 6.33. The highest BCUT2D eigenvalue weighted by atomic mass is 35.5. The largest absolute Gasteiger partial charge is 0.350 e. The lowest BCUT2D eigenvalue weighted by Gasteiger charge is -2.08. The predicted molar refractivity (Wildman–Crippen MR) is 61.7 cm³/mol. The van der Waals surface area contributed by atoms with E-state index in [9.17, 15) is 8.78 Å². The Kier molecular flexibility index (Phi) is 3.40. The molecule has 0 bridgehead atoms. The Morgan fingerprint density at radius 3 is 2.47 bits per heavy atom. The van der Waals surface area contributed by atoms with Gasteiger partial charge in [0.15, 0.2) is 10.3 Å². The van der Waals surface area contributed by atoms with E-state index in [0.717, 1.165) is 12.1 Å². The topological polar surface area (TPSA) is 37.8 Å². The molecule has 17 heavy (non-hydrogen) atoms. The second kappa shape index (κ2) is 4.81. The maximum atomic E-state index is 13.4. The summed E-state index contributed by atoms with van der Waals surface area (Å²) in [5.41, 5.74) is 0.356. The van der Waals surface area contributed by atoms with Gasteiger partial charge in [0.25, 0.3) is 0 Å². The number of hydrogen-bond donors (Lipinski definition) is 1. The lowest BCUT2D eigenvalue weighted by atomic mass is 10.3. The van der Waals surface area contributed by atoms with Crippen molar-refractivity contribution in [1.82, 2.24) is 10.2 Å². The van der Waals surface area contributed by atoms with Crippen molar-refractivity contribution in [2.24, 2.45) is 0 Å². The summed E-state index contributed by atoms with van der Waals surface area (Å²) >= 11 is 11.4. The molecule has 7 heteroatoms. The number of halogens is 4. The van der Waals surface area contributed by atoms with E-state index in [1.165, 1.54) is 12.1 Å². The van der Waals surface area contributed by atoms with Crippen LogP contribution in [0.5, 0.6) is 0 Å². The number of benzene rings is 1. The van der Waals surface area contributed by atoms with E-state index in [1.807, 2.05) is 0 Å². The van der Waals surface area contributed by atoms with Gasteiger partial charge in [-0.3, -0.25) is 0 Å². The number of nitrogens with zero attached hydrogens (tertiary/aromatic N) is 2. The van der Waals surface area contributed by atoms with Crippen molar-refractivity contribution in [3.8, 4) is 0 Å². The van der Waals surface area contributed by atoms with Crippen molar-refractivity contribution in [3.63, 3.8) is 0 Å². The molecule has 0 saturated heterocycles. The highest BCUT2D eigenvalue weighted by Crippen LogP contribution is 2.26. The molecule has 0 saturated carbocycles. The number of aromatic nitrogens is 2. The molecular formula is C10H5Cl2F2N3. The fourth-order valence-electron chi connectivity index (χ4n) is 1.18. The van der Waals surface area contributed by atoms with Gasteiger partial charge in [-0.1, -0.05) is 23.2 Å². The van der Waals surface area contributed by atoms with Crippen LogP contribution >= 0.6 is 23.2 Å². The minimum absolute atomic E-state index is 0.0399. The molecule has 0 radical (unpaired) electrons. The first kappa shape index (κ1) is 12.0. The van der Waals surface area contributed by atoms with Crippen LogP contribution in [0, 0.1) is 11.6 Å². The lowest BCUT2D eigenvalue weighted by Crippen LogP contribution is -1.97. The van der Waals surface area contributed by atoms with Gasteiger partial charge in [-0.15, -0.1) is 10.2 Å². The van der Waals surface area contributed by atoms with Crippen LogP contribution in [-0.2, 0) is 0 Å². The number of nitrogens with one attached hydrogen (secondary N) is 1. The van der Waals surface area contributed by atoms with Crippen LogP contribution in [0.15, 0.2) is 24.3 Å². The smallest absolute Gasteiger partial charge is 0.175 e. The molecule has 1 aromatic heterocycles. The molecule has 0 aliphatic carbocycles. The minimum atomic E-state index is -0.742. The van der Waals surface area contributed by atoms with Crippen LogP contribution in [0.2, 0.25) is 10.3 Å². The second-order valence-electron chi connectivity index (χ2n) is 3.12. The van der Waals surface area contributed by atoms with Gasteiger partial charge < -0.3 is 5.32 Å². The molecular weight excluding hydrogens is 271 g/mol. The summed E-state index contributed by atoms with van der Waals surface area (Å²) in [6.07, 6.45) is 0. The maximum absolute atomic E-state index is 13.4. The summed E-state index contributed by atoms with van der Waals surface area (Å²) < 4.78 is 26.0. The van der Waals surface area contributed by atoms with Crippen molar-refractivity contribution in [2.45, 2.75) is 0 Å². The summed E-state index contributed by atoms with van der Waals surface area (Å²) in [6, 6.07) is 4.51.